The van der Waals surface area contributed by atoms with Gasteiger partial charge in [-0.3, -0.25) is 9.59 Å². The van der Waals surface area contributed by atoms with E-state index in [0.717, 1.165) is 12.8 Å². The van der Waals surface area contributed by atoms with E-state index in [1.807, 2.05) is 41.5 Å². The number of carbonyl (C=O) groups is 2. The number of ether oxygens (including phenoxy) is 2. The third kappa shape index (κ3) is 6.04. The predicted molar refractivity (Wildman–Crippen MR) is 80.5 cm³/mol. The highest BCUT2D eigenvalue weighted by Gasteiger charge is 2.42. The summed E-state index contributed by atoms with van der Waals surface area (Å²) in [6, 6.07) is -0.243. The lowest BCUT2D eigenvalue weighted by Gasteiger charge is -2.27. The fourth-order valence-electron chi connectivity index (χ4n) is 2.68. The molecule has 0 heterocycles. The number of esters is 2. The molecule has 0 aromatic carbocycles. The van der Waals surface area contributed by atoms with Crippen LogP contribution in [0.4, 0.5) is 0 Å². The highest BCUT2D eigenvalue weighted by Crippen LogP contribution is 2.35. The number of nitrogens with two attached hydrogens (primary N) is 1. The predicted octanol–water partition coefficient (Wildman–Crippen LogP) is 2.41. The van der Waals surface area contributed by atoms with Gasteiger partial charge in [-0.2, -0.15) is 0 Å². The van der Waals surface area contributed by atoms with Crippen molar-refractivity contribution in [3.05, 3.63) is 0 Å². The second-order valence-corrected chi connectivity index (χ2v) is 7.85. The van der Waals surface area contributed by atoms with Crippen LogP contribution in [0.2, 0.25) is 0 Å². The highest BCUT2D eigenvalue weighted by molar-refractivity contribution is 5.77. The molecule has 0 aliphatic heterocycles. The Kier molecular flexibility index (Phi) is 5.42. The van der Waals surface area contributed by atoms with Crippen LogP contribution < -0.4 is 5.73 Å². The lowest BCUT2D eigenvalue weighted by molar-refractivity contribution is -0.163. The third-order valence-corrected chi connectivity index (χ3v) is 3.37. The molecule has 0 spiro atoms. The van der Waals surface area contributed by atoms with Gasteiger partial charge < -0.3 is 15.2 Å². The zero-order valence-corrected chi connectivity index (χ0v) is 14.1. The monoisotopic (exact) mass is 299 g/mol. The van der Waals surface area contributed by atoms with Gasteiger partial charge in [0.2, 0.25) is 0 Å². The van der Waals surface area contributed by atoms with Crippen molar-refractivity contribution in [1.29, 1.82) is 0 Å². The molecule has 0 unspecified atom stereocenters. The summed E-state index contributed by atoms with van der Waals surface area (Å²) in [6.07, 6.45) is 1.70. The van der Waals surface area contributed by atoms with Crippen molar-refractivity contribution < 1.29 is 19.1 Å². The molecule has 0 aromatic heterocycles. The molecule has 0 amide bonds. The molecule has 1 saturated carbocycles. The summed E-state index contributed by atoms with van der Waals surface area (Å²) in [5.74, 6) is -1.10. The topological polar surface area (TPSA) is 78.6 Å². The first-order valence-electron chi connectivity index (χ1n) is 7.59. The molecule has 1 aliphatic carbocycles. The largest absolute Gasteiger partial charge is 0.460 e. The quantitative estimate of drug-likeness (QED) is 0.810. The molecule has 2 N–H and O–H groups in total. The first-order chi connectivity index (χ1) is 9.39. The number of carbonyl (C=O) groups excluding carboxylic acids is 2. The molecule has 5 heteroatoms. The third-order valence-electron chi connectivity index (χ3n) is 3.37. The summed E-state index contributed by atoms with van der Waals surface area (Å²) in [6.45, 7) is 11.0. The van der Waals surface area contributed by atoms with Crippen molar-refractivity contribution in [2.75, 3.05) is 0 Å². The van der Waals surface area contributed by atoms with Crippen molar-refractivity contribution in [1.82, 2.24) is 0 Å². The second kappa shape index (κ2) is 6.34. The lowest BCUT2D eigenvalue weighted by Crippen LogP contribution is -2.39. The van der Waals surface area contributed by atoms with E-state index < -0.39 is 17.1 Å². The van der Waals surface area contributed by atoms with Gasteiger partial charge >= 0.3 is 11.9 Å². The fraction of sp³-hybridized carbons (Fsp3) is 0.875. The van der Waals surface area contributed by atoms with Gasteiger partial charge in [-0.25, -0.2) is 0 Å². The Bertz CT molecular complexity index is 392. The molecule has 122 valence electrons. The van der Waals surface area contributed by atoms with Crippen LogP contribution in [0.25, 0.3) is 0 Å². The van der Waals surface area contributed by atoms with Gasteiger partial charge in [0.15, 0.2) is 0 Å². The Morgan fingerprint density at radius 2 is 1.52 bits per heavy atom. The zero-order chi connectivity index (χ0) is 16.4. The van der Waals surface area contributed by atoms with Crippen molar-refractivity contribution in [3.8, 4) is 0 Å². The zero-order valence-electron chi connectivity index (χ0n) is 14.1. The van der Waals surface area contributed by atoms with Crippen LogP contribution in [0.3, 0.4) is 0 Å². The van der Waals surface area contributed by atoms with Gasteiger partial charge in [-0.15, -0.1) is 0 Å². The molecule has 3 atom stereocenters. The van der Waals surface area contributed by atoms with E-state index in [-0.39, 0.29) is 30.3 Å². The normalized spacial score (nSPS) is 26.5. The van der Waals surface area contributed by atoms with Crippen LogP contribution in [-0.4, -0.2) is 29.2 Å². The van der Waals surface area contributed by atoms with Gasteiger partial charge in [0.05, 0.1) is 5.92 Å². The molecular formula is C16H29NO4. The first kappa shape index (κ1) is 18.0. The average molecular weight is 299 g/mol. The molecular weight excluding hydrogens is 270 g/mol. The molecule has 0 saturated heterocycles. The summed E-state index contributed by atoms with van der Waals surface area (Å²) in [7, 11) is 0. The SMILES string of the molecule is CC(C)(C)OC(=O)C[C@H]1CC[C@H](N)[C@@H]1C(=O)OC(C)(C)C. The molecule has 0 aromatic rings. The second-order valence-electron chi connectivity index (χ2n) is 7.85. The summed E-state index contributed by atoms with van der Waals surface area (Å²) < 4.78 is 10.8. The van der Waals surface area contributed by atoms with Crippen LogP contribution in [0.15, 0.2) is 0 Å². The summed E-state index contributed by atoms with van der Waals surface area (Å²) >= 11 is 0. The smallest absolute Gasteiger partial charge is 0.311 e. The number of hydrogen-bond donors (Lipinski definition) is 1. The van der Waals surface area contributed by atoms with Gasteiger partial charge in [-0.05, 0) is 60.3 Å². The van der Waals surface area contributed by atoms with Crippen LogP contribution in [0.1, 0.15) is 60.8 Å². The first-order valence-corrected chi connectivity index (χ1v) is 7.59. The summed E-state index contributed by atoms with van der Waals surface area (Å²) in [5, 5.41) is 0. The fourth-order valence-corrected chi connectivity index (χ4v) is 2.68. The van der Waals surface area contributed by atoms with Crippen molar-refractivity contribution in [3.63, 3.8) is 0 Å². The van der Waals surface area contributed by atoms with Crippen molar-refractivity contribution in [2.45, 2.75) is 78.0 Å². The Balaban J connectivity index is 2.69. The molecule has 1 aliphatic rings. The molecule has 1 rings (SSSR count). The minimum atomic E-state index is -0.546. The maximum atomic E-state index is 12.3. The standard InChI is InChI=1S/C16H29NO4/c1-15(2,3)20-12(18)9-10-7-8-11(17)13(10)14(19)21-16(4,5)6/h10-11,13H,7-9,17H2,1-6H3/t10-,11+,13-/m1/s1. The van der Waals surface area contributed by atoms with Crippen LogP contribution in [0.5, 0.6) is 0 Å². The van der Waals surface area contributed by atoms with Crippen LogP contribution in [0, 0.1) is 11.8 Å². The van der Waals surface area contributed by atoms with Crippen molar-refractivity contribution in [2.24, 2.45) is 17.6 Å². The number of hydrogen-bond acceptors (Lipinski definition) is 5. The minimum absolute atomic E-state index is 0.0929. The van der Waals surface area contributed by atoms with E-state index in [4.69, 9.17) is 15.2 Å². The van der Waals surface area contributed by atoms with Gasteiger partial charge in [0.25, 0.3) is 0 Å². The van der Waals surface area contributed by atoms with E-state index in [9.17, 15) is 9.59 Å². The van der Waals surface area contributed by atoms with Gasteiger partial charge in [-0.1, -0.05) is 0 Å². The minimum Gasteiger partial charge on any atom is -0.460 e. The Morgan fingerprint density at radius 1 is 1.00 bits per heavy atom. The van der Waals surface area contributed by atoms with Crippen LogP contribution >= 0.6 is 0 Å². The summed E-state index contributed by atoms with van der Waals surface area (Å²) in [5.41, 5.74) is 4.98. The lowest BCUT2D eigenvalue weighted by atomic mass is 9.91. The van der Waals surface area contributed by atoms with E-state index in [1.54, 1.807) is 0 Å². The van der Waals surface area contributed by atoms with E-state index in [1.165, 1.54) is 0 Å². The molecule has 5 nitrogen and oxygen atoms in total. The number of rotatable bonds is 3. The Morgan fingerprint density at radius 3 is 2.00 bits per heavy atom. The van der Waals surface area contributed by atoms with Gasteiger partial charge in [0, 0.05) is 12.5 Å². The van der Waals surface area contributed by atoms with E-state index in [2.05, 4.69) is 0 Å². The Labute approximate surface area is 127 Å². The summed E-state index contributed by atoms with van der Waals surface area (Å²) in [4.78, 5) is 24.3. The van der Waals surface area contributed by atoms with E-state index in [0.29, 0.717) is 0 Å². The maximum absolute atomic E-state index is 12.3. The Hall–Kier alpha value is -1.10. The highest BCUT2D eigenvalue weighted by atomic mass is 16.6. The van der Waals surface area contributed by atoms with Crippen molar-refractivity contribution >= 4 is 11.9 Å². The van der Waals surface area contributed by atoms with E-state index >= 15 is 0 Å². The molecule has 0 radical (unpaired) electrons. The van der Waals surface area contributed by atoms with Gasteiger partial charge in [0.1, 0.15) is 11.2 Å². The van der Waals surface area contributed by atoms with Crippen LogP contribution in [-0.2, 0) is 19.1 Å². The molecule has 1 fully saturated rings. The molecule has 0 bridgehead atoms. The molecule has 21 heavy (non-hydrogen) atoms. The maximum Gasteiger partial charge on any atom is 0.311 e. The average Bonchev–Trinajstić information content (AvgIpc) is 2.53.